The van der Waals surface area contributed by atoms with Gasteiger partial charge in [0.05, 0.1) is 13.4 Å². The van der Waals surface area contributed by atoms with Crippen LogP contribution in [0.1, 0.15) is 112 Å². The lowest BCUT2D eigenvalue weighted by atomic mass is 9.72. The molecule has 9 nitrogen and oxygen atoms in total. The Morgan fingerprint density at radius 2 is 1.22 bits per heavy atom. The fraction of sp³-hybridized carbons (Fsp3) is 0.587. The van der Waals surface area contributed by atoms with Crippen LogP contribution in [0.4, 0.5) is 11.4 Å². The van der Waals surface area contributed by atoms with Crippen LogP contribution in [0.2, 0.25) is 0 Å². The highest BCUT2D eigenvalue weighted by Crippen LogP contribution is 2.51. The van der Waals surface area contributed by atoms with Gasteiger partial charge in [0.15, 0.2) is 11.6 Å². The highest BCUT2D eigenvalue weighted by molar-refractivity contribution is 6.16. The first-order valence-electron chi connectivity index (χ1n) is 20.1. The Kier molecular flexibility index (Phi) is 13.0. The second-order valence-electron chi connectivity index (χ2n) is 16.6. The van der Waals surface area contributed by atoms with Crippen molar-refractivity contribution in [2.24, 2.45) is 23.7 Å². The number of carbonyl (C=O) groups is 2. The van der Waals surface area contributed by atoms with Crippen molar-refractivity contribution < 1.29 is 23.9 Å². The molecule has 6 heterocycles. The number of allylic oxidation sites excluding steroid dienone is 3. The molecule has 2 spiro atoms. The van der Waals surface area contributed by atoms with E-state index in [4.69, 9.17) is 14.3 Å². The maximum Gasteiger partial charge on any atom is 0.373 e. The molecule has 2 aromatic rings. The second kappa shape index (κ2) is 17.0. The number of hydrogen-bond acceptors (Lipinski definition) is 9. The Morgan fingerprint density at radius 1 is 0.800 bits per heavy atom. The van der Waals surface area contributed by atoms with Crippen LogP contribution in [0.5, 0.6) is 0 Å². The van der Waals surface area contributed by atoms with Crippen molar-refractivity contribution in [2.45, 2.75) is 118 Å². The summed E-state index contributed by atoms with van der Waals surface area (Å²) in [4.78, 5) is 48.4. The van der Waals surface area contributed by atoms with Gasteiger partial charge in [-0.05, 0) is 113 Å². The molecule has 6 aliphatic rings. The van der Waals surface area contributed by atoms with E-state index in [-0.39, 0.29) is 19.6 Å². The fourth-order valence-electron chi connectivity index (χ4n) is 11.2. The summed E-state index contributed by atoms with van der Waals surface area (Å²) in [6.07, 6.45) is 10.8. The predicted molar refractivity (Wildman–Crippen MR) is 219 cm³/mol. The smallest absolute Gasteiger partial charge is 0.373 e. The SMILES string of the molecule is C.C/C=C(/C)[C@H]1C[C@@H]2N(CC[C@]23Nc2cccc(C)c2C3=O)C[C@H]1CC.CC[C@@H]1CN2CC[C@]3(Nc4cccc(C)c4C3=O)[C@@H]2C[C@@H]1/C(C)=C\OC.O=C=O. The van der Waals surface area contributed by atoms with Crippen LogP contribution in [0, 0.1) is 37.5 Å². The summed E-state index contributed by atoms with van der Waals surface area (Å²) in [6.45, 7) is 19.5. The van der Waals surface area contributed by atoms with E-state index in [0.717, 1.165) is 91.9 Å². The highest BCUT2D eigenvalue weighted by Gasteiger charge is 2.60. The van der Waals surface area contributed by atoms with Crippen LogP contribution in [0.15, 0.2) is 59.9 Å². The monoisotopic (exact) mass is 752 g/mol. The first-order valence-corrected chi connectivity index (χ1v) is 20.1. The Bertz CT molecular complexity index is 1850. The van der Waals surface area contributed by atoms with Crippen LogP contribution < -0.4 is 10.6 Å². The zero-order chi connectivity index (χ0) is 38.9. The van der Waals surface area contributed by atoms with E-state index in [1.165, 1.54) is 17.6 Å². The lowest BCUT2D eigenvalue weighted by Crippen LogP contribution is -2.57. The van der Waals surface area contributed by atoms with Gasteiger partial charge in [0, 0.05) is 60.8 Å². The van der Waals surface area contributed by atoms with Gasteiger partial charge in [0.2, 0.25) is 0 Å². The molecule has 0 unspecified atom stereocenters. The van der Waals surface area contributed by atoms with Gasteiger partial charge in [-0.15, -0.1) is 0 Å². The third-order valence-electron chi connectivity index (χ3n) is 14.1. The number of carbonyl (C=O) groups excluding carboxylic acids is 4. The number of Topliss-reactive ketones (excluding diaryl/α,β-unsaturated/α-hetero) is 2. The second-order valence-corrected chi connectivity index (χ2v) is 16.6. The normalized spacial score (nSPS) is 32.1. The van der Waals surface area contributed by atoms with Gasteiger partial charge in [-0.2, -0.15) is 9.59 Å². The summed E-state index contributed by atoms with van der Waals surface area (Å²) in [7, 11) is 1.72. The average molecular weight is 753 g/mol. The van der Waals surface area contributed by atoms with Crippen LogP contribution in [-0.2, 0) is 14.3 Å². The summed E-state index contributed by atoms with van der Waals surface area (Å²) >= 11 is 0. The molecular formula is C46H64N4O5. The maximum atomic E-state index is 13.5. The predicted octanol–water partition coefficient (Wildman–Crippen LogP) is 8.49. The number of piperidine rings is 2. The molecule has 55 heavy (non-hydrogen) atoms. The van der Waals surface area contributed by atoms with E-state index in [1.54, 1.807) is 7.11 Å². The molecule has 0 saturated carbocycles. The van der Waals surface area contributed by atoms with E-state index < -0.39 is 11.1 Å². The number of aryl methyl sites for hydroxylation is 2. The van der Waals surface area contributed by atoms with Crippen LogP contribution in [-0.4, -0.2) is 84.0 Å². The lowest BCUT2D eigenvalue weighted by molar-refractivity contribution is -0.191. The van der Waals surface area contributed by atoms with Gasteiger partial charge in [-0.25, -0.2) is 0 Å². The molecule has 2 N–H and O–H groups in total. The quantitative estimate of drug-likeness (QED) is 0.230. The number of rotatable bonds is 5. The zero-order valence-electron chi connectivity index (χ0n) is 33.6. The van der Waals surface area contributed by atoms with E-state index >= 15 is 0 Å². The summed E-state index contributed by atoms with van der Waals surface area (Å²) in [6, 6.07) is 12.9. The van der Waals surface area contributed by atoms with E-state index in [2.05, 4.69) is 92.3 Å². The molecule has 0 radical (unpaired) electrons. The number of nitrogens with zero attached hydrogens (tertiary/aromatic N) is 2. The molecule has 8 atom stereocenters. The fourth-order valence-corrected chi connectivity index (χ4v) is 11.2. The summed E-state index contributed by atoms with van der Waals surface area (Å²) < 4.78 is 5.31. The molecule has 298 valence electrons. The highest BCUT2D eigenvalue weighted by atomic mass is 16.5. The summed E-state index contributed by atoms with van der Waals surface area (Å²) in [5.41, 5.74) is 8.05. The van der Waals surface area contributed by atoms with E-state index in [1.807, 2.05) is 25.3 Å². The Labute approximate surface area is 329 Å². The standard InChI is InChI=1S/C22H30N2O2.C22H30N2O.CO2.CH4/c1-5-16-12-24-10-9-22(19(24)11-17(16)15(3)13-26-4)21(25)20-14(2)7-6-8-18(20)23-22;1-5-14(3)17-12-19-22(10-11-24(19)13-16(17)6-2)21(25)20-15(4)8-7-9-18(20)23-22;2-1-3;/h6-8,13,16-17,19,23H,5,9-12H2,1-4H3;5,7-9,16-17,19,23H,6,10-13H2,1-4H3;;1H4/b15-13-;14-5-;;/t2*16-,17-,19+,22+;;/m11../s1. The molecule has 4 saturated heterocycles. The number of nitrogens with one attached hydrogen (secondary N) is 2. The van der Waals surface area contributed by atoms with Gasteiger partial charge >= 0.3 is 6.15 Å². The maximum absolute atomic E-state index is 13.5. The number of anilines is 2. The molecule has 0 bridgehead atoms. The van der Waals surface area contributed by atoms with Crippen molar-refractivity contribution in [3.8, 4) is 0 Å². The van der Waals surface area contributed by atoms with Gasteiger partial charge in [-0.3, -0.25) is 19.4 Å². The minimum Gasteiger partial charge on any atom is -0.504 e. The molecule has 9 heteroatoms. The number of hydrogen-bond donors (Lipinski definition) is 2. The van der Waals surface area contributed by atoms with Gasteiger partial charge in [0.25, 0.3) is 0 Å². The van der Waals surface area contributed by atoms with Gasteiger partial charge < -0.3 is 15.4 Å². The van der Waals surface area contributed by atoms with Crippen molar-refractivity contribution in [3.63, 3.8) is 0 Å². The van der Waals surface area contributed by atoms with Gasteiger partial charge in [-0.1, -0.05) is 70.0 Å². The molecular weight excluding hydrogens is 689 g/mol. The van der Waals surface area contributed by atoms with Crippen LogP contribution in [0.3, 0.4) is 0 Å². The molecule has 0 amide bonds. The number of ether oxygens (including phenoxy) is 1. The van der Waals surface area contributed by atoms with Crippen molar-refractivity contribution in [1.29, 1.82) is 0 Å². The topological polar surface area (TPSA) is 108 Å². The molecule has 6 aliphatic heterocycles. The first kappa shape index (κ1) is 42.1. The Morgan fingerprint density at radius 3 is 1.58 bits per heavy atom. The number of methoxy groups -OCH3 is 1. The third-order valence-corrected chi connectivity index (χ3v) is 14.1. The van der Waals surface area contributed by atoms with Crippen molar-refractivity contribution >= 4 is 29.1 Å². The first-order chi connectivity index (χ1) is 25.9. The lowest BCUT2D eigenvalue weighted by Gasteiger charge is -2.45. The summed E-state index contributed by atoms with van der Waals surface area (Å²) in [5, 5.41) is 7.38. The zero-order valence-corrected chi connectivity index (χ0v) is 33.6. The van der Waals surface area contributed by atoms with Crippen LogP contribution >= 0.6 is 0 Å². The van der Waals surface area contributed by atoms with E-state index in [9.17, 15) is 9.59 Å². The Balaban J connectivity index is 0.000000194. The average Bonchev–Trinajstić information content (AvgIpc) is 3.89. The van der Waals surface area contributed by atoms with E-state index in [0.29, 0.717) is 41.3 Å². The molecule has 0 aliphatic carbocycles. The number of ketones is 2. The molecule has 8 rings (SSSR count). The van der Waals surface area contributed by atoms with Crippen molar-refractivity contribution in [1.82, 2.24) is 9.80 Å². The molecule has 4 fully saturated rings. The third kappa shape index (κ3) is 7.13. The minimum absolute atomic E-state index is 0. The number of benzene rings is 2. The number of fused-ring (bicyclic) bond motifs is 6. The van der Waals surface area contributed by atoms with Crippen LogP contribution in [0.25, 0.3) is 0 Å². The molecule has 0 aromatic heterocycles. The van der Waals surface area contributed by atoms with Crippen molar-refractivity contribution in [2.75, 3.05) is 43.9 Å². The summed E-state index contributed by atoms with van der Waals surface area (Å²) in [5.74, 6) is 3.07. The largest absolute Gasteiger partial charge is 0.504 e. The van der Waals surface area contributed by atoms with Crippen molar-refractivity contribution in [3.05, 3.63) is 82.1 Å². The van der Waals surface area contributed by atoms with Gasteiger partial charge in [0.1, 0.15) is 11.1 Å². The molecule has 2 aromatic carbocycles. The minimum atomic E-state index is -0.446. The Hall–Kier alpha value is -4.04.